The lowest BCUT2D eigenvalue weighted by Crippen LogP contribution is -2.18. The molecule has 3 nitrogen and oxygen atoms in total. The van der Waals surface area contributed by atoms with E-state index < -0.39 is 5.97 Å². The second kappa shape index (κ2) is 7.63. The number of carbonyl (C=O) groups excluding carboxylic acids is 2. The lowest BCUT2D eigenvalue weighted by atomic mass is 10.1. The van der Waals surface area contributed by atoms with Crippen molar-refractivity contribution in [3.8, 4) is 0 Å². The minimum Gasteiger partial charge on any atom is -0.462 e. The number of hydrogen-bond acceptors (Lipinski definition) is 3. The molecular weight excluding hydrogens is 260 g/mol. The van der Waals surface area contributed by atoms with Crippen LogP contribution in [0.2, 0.25) is 0 Å². The Morgan fingerprint density at radius 3 is 2.40 bits per heavy atom. The molecule has 0 N–H and O–H groups in total. The highest BCUT2D eigenvalue weighted by Gasteiger charge is 2.18. The minimum absolute atomic E-state index is 0.146. The van der Waals surface area contributed by atoms with E-state index in [9.17, 15) is 9.59 Å². The summed E-state index contributed by atoms with van der Waals surface area (Å²) in [4.78, 5) is 22.9. The summed E-state index contributed by atoms with van der Waals surface area (Å²) < 4.78 is 4.93. The zero-order chi connectivity index (χ0) is 11.8. The standard InChI is InChI=1S/C11H17BrO3/c1-4-5-15-11(14)9(6-8(2)3)10(13)7-12/h6,8H,4-5,7H2,1-3H3. The van der Waals surface area contributed by atoms with Crippen LogP contribution in [0.25, 0.3) is 0 Å². The molecule has 0 amide bonds. The van der Waals surface area contributed by atoms with Gasteiger partial charge in [0.15, 0.2) is 5.78 Å². The van der Waals surface area contributed by atoms with Crippen LogP contribution in [-0.2, 0) is 14.3 Å². The maximum absolute atomic E-state index is 11.5. The van der Waals surface area contributed by atoms with Gasteiger partial charge in [-0.25, -0.2) is 4.79 Å². The van der Waals surface area contributed by atoms with E-state index in [0.717, 1.165) is 6.42 Å². The maximum Gasteiger partial charge on any atom is 0.341 e. The van der Waals surface area contributed by atoms with Gasteiger partial charge in [-0.1, -0.05) is 42.8 Å². The second-order valence-corrected chi connectivity index (χ2v) is 4.08. The molecule has 0 saturated heterocycles. The van der Waals surface area contributed by atoms with Crippen LogP contribution in [-0.4, -0.2) is 23.7 Å². The summed E-state index contributed by atoms with van der Waals surface area (Å²) in [6.07, 6.45) is 2.39. The summed E-state index contributed by atoms with van der Waals surface area (Å²) in [5, 5.41) is 0.146. The van der Waals surface area contributed by atoms with Gasteiger partial charge >= 0.3 is 5.97 Å². The number of ether oxygens (including phenoxy) is 1. The summed E-state index contributed by atoms with van der Waals surface area (Å²) in [6.45, 7) is 6.08. The van der Waals surface area contributed by atoms with Crippen molar-refractivity contribution < 1.29 is 14.3 Å². The van der Waals surface area contributed by atoms with E-state index in [1.54, 1.807) is 6.08 Å². The Morgan fingerprint density at radius 1 is 1.40 bits per heavy atom. The third-order valence-corrected chi connectivity index (χ3v) is 2.09. The van der Waals surface area contributed by atoms with Gasteiger partial charge in [-0.15, -0.1) is 0 Å². The fourth-order valence-electron chi connectivity index (χ4n) is 0.953. The molecule has 86 valence electrons. The molecule has 0 aliphatic heterocycles. The molecular formula is C11H17BrO3. The first-order chi connectivity index (χ1) is 7.02. The van der Waals surface area contributed by atoms with Gasteiger partial charge in [-0.3, -0.25) is 4.79 Å². The van der Waals surface area contributed by atoms with E-state index in [4.69, 9.17) is 4.74 Å². The van der Waals surface area contributed by atoms with Crippen molar-refractivity contribution in [2.24, 2.45) is 5.92 Å². The number of rotatable bonds is 6. The summed E-state index contributed by atoms with van der Waals surface area (Å²) in [5.74, 6) is -0.600. The van der Waals surface area contributed by atoms with Gasteiger partial charge in [0.05, 0.1) is 17.5 Å². The third-order valence-electron chi connectivity index (χ3n) is 1.58. The summed E-state index contributed by atoms with van der Waals surface area (Å²) in [7, 11) is 0. The monoisotopic (exact) mass is 276 g/mol. The average Bonchev–Trinajstić information content (AvgIpc) is 2.21. The lowest BCUT2D eigenvalue weighted by molar-refractivity contribution is -0.140. The van der Waals surface area contributed by atoms with Crippen LogP contribution in [0.5, 0.6) is 0 Å². The molecule has 4 heteroatoms. The van der Waals surface area contributed by atoms with Crippen molar-refractivity contribution in [3.63, 3.8) is 0 Å². The first-order valence-corrected chi connectivity index (χ1v) is 6.13. The topological polar surface area (TPSA) is 43.4 Å². The minimum atomic E-state index is -0.519. The molecule has 0 rings (SSSR count). The molecule has 0 aromatic heterocycles. The fourth-order valence-corrected chi connectivity index (χ4v) is 1.25. The molecule has 0 radical (unpaired) electrons. The number of alkyl halides is 1. The molecule has 0 aromatic rings. The largest absolute Gasteiger partial charge is 0.462 e. The highest BCUT2D eigenvalue weighted by Crippen LogP contribution is 2.08. The van der Waals surface area contributed by atoms with Crippen LogP contribution in [0.15, 0.2) is 11.6 Å². The number of halogens is 1. The Morgan fingerprint density at radius 2 is 2.00 bits per heavy atom. The van der Waals surface area contributed by atoms with Crippen LogP contribution < -0.4 is 0 Å². The van der Waals surface area contributed by atoms with Crippen molar-refractivity contribution in [2.45, 2.75) is 27.2 Å². The van der Waals surface area contributed by atoms with Crippen molar-refractivity contribution in [1.82, 2.24) is 0 Å². The van der Waals surface area contributed by atoms with E-state index in [-0.39, 0.29) is 22.6 Å². The number of esters is 1. The fraction of sp³-hybridized carbons (Fsp3) is 0.636. The third kappa shape index (κ3) is 5.72. The highest BCUT2D eigenvalue weighted by atomic mass is 79.9. The lowest BCUT2D eigenvalue weighted by Gasteiger charge is -2.06. The van der Waals surface area contributed by atoms with Gasteiger partial charge in [-0.05, 0) is 12.3 Å². The summed E-state index contributed by atoms with van der Waals surface area (Å²) in [6, 6.07) is 0. The van der Waals surface area contributed by atoms with Crippen LogP contribution >= 0.6 is 15.9 Å². The molecule has 0 aliphatic rings. The normalized spacial score (nSPS) is 11.7. The Kier molecular flexibility index (Phi) is 7.30. The van der Waals surface area contributed by atoms with Gasteiger partial charge in [0.2, 0.25) is 0 Å². The number of allylic oxidation sites excluding steroid dienone is 1. The number of ketones is 1. The van der Waals surface area contributed by atoms with E-state index in [1.807, 2.05) is 20.8 Å². The van der Waals surface area contributed by atoms with Crippen LogP contribution in [0.4, 0.5) is 0 Å². The highest BCUT2D eigenvalue weighted by molar-refractivity contribution is 9.09. The first-order valence-electron chi connectivity index (χ1n) is 5.01. The zero-order valence-corrected chi connectivity index (χ0v) is 11.0. The van der Waals surface area contributed by atoms with Crippen molar-refractivity contribution in [2.75, 3.05) is 11.9 Å². The maximum atomic E-state index is 11.5. The quantitative estimate of drug-likeness (QED) is 0.246. The average molecular weight is 277 g/mol. The van der Waals surface area contributed by atoms with Crippen molar-refractivity contribution in [1.29, 1.82) is 0 Å². The van der Waals surface area contributed by atoms with Gasteiger partial charge in [0.1, 0.15) is 0 Å². The predicted molar refractivity (Wildman–Crippen MR) is 63.0 cm³/mol. The SMILES string of the molecule is CCCOC(=O)C(=CC(C)C)C(=O)CBr. The number of Topliss-reactive ketones (excluding diaryl/α,β-unsaturated/α-hetero) is 1. The predicted octanol–water partition coefficient (Wildman–Crippen LogP) is 2.49. The van der Waals surface area contributed by atoms with E-state index >= 15 is 0 Å². The van der Waals surface area contributed by atoms with E-state index in [2.05, 4.69) is 15.9 Å². The smallest absolute Gasteiger partial charge is 0.341 e. The molecule has 0 aromatic carbocycles. The van der Waals surface area contributed by atoms with Crippen LogP contribution in [0.1, 0.15) is 27.2 Å². The van der Waals surface area contributed by atoms with Crippen molar-refractivity contribution in [3.05, 3.63) is 11.6 Å². The van der Waals surface area contributed by atoms with E-state index in [0.29, 0.717) is 6.61 Å². The zero-order valence-electron chi connectivity index (χ0n) is 9.38. The van der Waals surface area contributed by atoms with Gasteiger partial charge in [0.25, 0.3) is 0 Å². The Hall–Kier alpha value is -0.640. The summed E-state index contributed by atoms with van der Waals surface area (Å²) >= 11 is 3.04. The van der Waals surface area contributed by atoms with Crippen molar-refractivity contribution >= 4 is 27.7 Å². The molecule has 0 saturated carbocycles. The molecule has 0 heterocycles. The summed E-state index contributed by atoms with van der Waals surface area (Å²) in [5.41, 5.74) is 0.148. The first kappa shape index (κ1) is 14.4. The Bertz CT molecular complexity index is 257. The van der Waals surface area contributed by atoms with Crippen LogP contribution in [0.3, 0.4) is 0 Å². The number of hydrogen-bond donors (Lipinski definition) is 0. The van der Waals surface area contributed by atoms with E-state index in [1.165, 1.54) is 0 Å². The van der Waals surface area contributed by atoms with Crippen LogP contribution in [0, 0.1) is 5.92 Å². The van der Waals surface area contributed by atoms with Gasteiger partial charge < -0.3 is 4.74 Å². The molecule has 0 fully saturated rings. The van der Waals surface area contributed by atoms with Gasteiger partial charge in [-0.2, -0.15) is 0 Å². The Labute approximate surface area is 99.0 Å². The molecule has 0 atom stereocenters. The Balaban J connectivity index is 4.64. The molecule has 0 unspecified atom stereocenters. The van der Waals surface area contributed by atoms with Gasteiger partial charge in [0, 0.05) is 0 Å². The molecule has 15 heavy (non-hydrogen) atoms. The molecule has 0 bridgehead atoms. The molecule has 0 spiro atoms. The number of carbonyl (C=O) groups is 2. The molecule has 0 aliphatic carbocycles. The second-order valence-electron chi connectivity index (χ2n) is 3.52.